The molecule has 174 valence electrons. The Kier molecular flexibility index (Phi) is 8.15. The number of amides is 1. The quantitative estimate of drug-likeness (QED) is 0.630. The van der Waals surface area contributed by atoms with Gasteiger partial charge in [0.1, 0.15) is 12.6 Å². The summed E-state index contributed by atoms with van der Waals surface area (Å²) in [4.78, 5) is 13.7. The maximum atomic E-state index is 13.4. The zero-order chi connectivity index (χ0) is 23.1. The molecule has 4 atom stereocenters. The van der Waals surface area contributed by atoms with Gasteiger partial charge < -0.3 is 15.2 Å². The van der Waals surface area contributed by atoms with Crippen LogP contribution in [0.5, 0.6) is 0 Å². The summed E-state index contributed by atoms with van der Waals surface area (Å²) < 4.78 is 45.6. The maximum Gasteiger partial charge on any atom is 0.407 e. The molecule has 3 rings (SSSR count). The number of aliphatic hydroxyl groups is 1. The third-order valence-corrected chi connectivity index (χ3v) is 5.88. The van der Waals surface area contributed by atoms with Crippen LogP contribution in [0.2, 0.25) is 0 Å². The number of alkyl halides is 3. The lowest BCUT2D eigenvalue weighted by molar-refractivity contribution is -0.181. The number of nitrogens with zero attached hydrogens (tertiary/aromatic N) is 1. The van der Waals surface area contributed by atoms with Crippen molar-refractivity contribution < 1.29 is 27.8 Å². The van der Waals surface area contributed by atoms with Crippen molar-refractivity contribution in [3.63, 3.8) is 0 Å². The molecule has 0 spiro atoms. The number of β-amino-alcohol motifs (C(OH)–C–C–N with tert-alkyl or cyclic N) is 1. The molecule has 0 aliphatic carbocycles. The van der Waals surface area contributed by atoms with Gasteiger partial charge in [0.25, 0.3) is 0 Å². The number of benzene rings is 2. The van der Waals surface area contributed by atoms with Gasteiger partial charge in [0.15, 0.2) is 0 Å². The van der Waals surface area contributed by atoms with Gasteiger partial charge in [-0.25, -0.2) is 4.79 Å². The fraction of sp³-hybridized carbons (Fsp3) is 0.458. The molecule has 8 heteroatoms. The lowest BCUT2D eigenvalue weighted by Crippen LogP contribution is -2.53. The molecule has 0 bridgehead atoms. The Bertz CT molecular complexity index is 849. The van der Waals surface area contributed by atoms with Gasteiger partial charge in [-0.1, -0.05) is 60.7 Å². The van der Waals surface area contributed by atoms with Crippen molar-refractivity contribution in [3.05, 3.63) is 71.8 Å². The van der Waals surface area contributed by atoms with Gasteiger partial charge in [0, 0.05) is 12.6 Å². The first-order valence-corrected chi connectivity index (χ1v) is 10.8. The van der Waals surface area contributed by atoms with Crippen molar-refractivity contribution in [1.82, 2.24) is 10.2 Å². The predicted octanol–water partition coefficient (Wildman–Crippen LogP) is 4.30. The Morgan fingerprint density at radius 2 is 1.69 bits per heavy atom. The van der Waals surface area contributed by atoms with Crippen LogP contribution in [0, 0.1) is 0 Å². The van der Waals surface area contributed by atoms with Crippen LogP contribution < -0.4 is 5.32 Å². The lowest BCUT2D eigenvalue weighted by Gasteiger charge is -2.34. The van der Waals surface area contributed by atoms with Crippen LogP contribution in [0.25, 0.3) is 0 Å². The molecule has 5 nitrogen and oxygen atoms in total. The van der Waals surface area contributed by atoms with E-state index in [0.717, 1.165) is 11.1 Å². The van der Waals surface area contributed by atoms with Crippen molar-refractivity contribution in [3.8, 4) is 0 Å². The summed E-state index contributed by atoms with van der Waals surface area (Å²) in [5.74, 6) is 0. The highest BCUT2D eigenvalue weighted by Crippen LogP contribution is 2.36. The molecule has 2 N–H and O–H groups in total. The van der Waals surface area contributed by atoms with E-state index in [9.17, 15) is 23.1 Å². The Morgan fingerprint density at radius 3 is 2.28 bits per heavy atom. The third kappa shape index (κ3) is 6.71. The number of alkyl carbamates (subject to hydrolysis) is 1. The Morgan fingerprint density at radius 1 is 1.09 bits per heavy atom. The minimum atomic E-state index is -4.36. The topological polar surface area (TPSA) is 61.8 Å². The molecule has 1 saturated heterocycles. The lowest BCUT2D eigenvalue weighted by atomic mass is 10.0. The summed E-state index contributed by atoms with van der Waals surface area (Å²) in [6, 6.07) is 15.6. The molecule has 1 aliphatic heterocycles. The van der Waals surface area contributed by atoms with Gasteiger partial charge in [-0.05, 0) is 37.3 Å². The molecular formula is C24H29F3N2O3. The first kappa shape index (κ1) is 24.1. The molecule has 2 aromatic carbocycles. The Hall–Kier alpha value is -2.58. The average molecular weight is 451 g/mol. The van der Waals surface area contributed by atoms with E-state index in [4.69, 9.17) is 4.74 Å². The van der Waals surface area contributed by atoms with E-state index in [-0.39, 0.29) is 32.0 Å². The second-order valence-corrected chi connectivity index (χ2v) is 8.25. The van der Waals surface area contributed by atoms with E-state index in [1.165, 1.54) is 4.90 Å². The molecule has 32 heavy (non-hydrogen) atoms. The second kappa shape index (κ2) is 10.8. The number of nitrogens with one attached hydrogen (secondary N) is 1. The van der Waals surface area contributed by atoms with E-state index in [1.807, 2.05) is 60.7 Å². The van der Waals surface area contributed by atoms with Crippen molar-refractivity contribution in [2.45, 2.75) is 63.2 Å². The molecule has 1 heterocycles. The molecule has 1 amide bonds. The summed E-state index contributed by atoms with van der Waals surface area (Å²) in [6.45, 7) is 1.59. The van der Waals surface area contributed by atoms with Crippen molar-refractivity contribution in [2.75, 3.05) is 6.54 Å². The van der Waals surface area contributed by atoms with Crippen LogP contribution in [0.15, 0.2) is 60.7 Å². The summed E-state index contributed by atoms with van der Waals surface area (Å²) in [7, 11) is 0. The normalized spacial score (nSPS) is 21.2. The van der Waals surface area contributed by atoms with E-state index in [2.05, 4.69) is 5.32 Å². The molecule has 1 aliphatic rings. The standard InChI is InChI=1S/C24H29F3N2O3/c1-17-12-13-22(24(25,26)27)29(17)15-21(30)20(14-18-8-4-2-5-9-18)28-23(31)32-16-19-10-6-3-7-11-19/h2-11,17,20-22,30H,12-16H2,1H3,(H,28,31)/t17-,20+,21-,22+/m1/s1. The van der Waals surface area contributed by atoms with E-state index in [1.54, 1.807) is 6.92 Å². The monoisotopic (exact) mass is 450 g/mol. The number of ether oxygens (including phenoxy) is 1. The minimum Gasteiger partial charge on any atom is -0.445 e. The molecule has 0 aromatic heterocycles. The highest BCUT2D eigenvalue weighted by molar-refractivity contribution is 5.67. The Balaban J connectivity index is 1.68. The maximum absolute atomic E-state index is 13.4. The van der Waals surface area contributed by atoms with Gasteiger partial charge in [-0.3, -0.25) is 4.90 Å². The molecule has 0 unspecified atom stereocenters. The van der Waals surface area contributed by atoms with Crippen molar-refractivity contribution in [2.24, 2.45) is 0 Å². The highest BCUT2D eigenvalue weighted by atomic mass is 19.4. The molecule has 1 fully saturated rings. The zero-order valence-electron chi connectivity index (χ0n) is 18.0. The number of rotatable bonds is 8. The van der Waals surface area contributed by atoms with Crippen molar-refractivity contribution >= 4 is 6.09 Å². The van der Waals surface area contributed by atoms with Crippen molar-refractivity contribution in [1.29, 1.82) is 0 Å². The number of halogens is 3. The molecular weight excluding hydrogens is 421 g/mol. The summed E-state index contributed by atoms with van der Waals surface area (Å²) >= 11 is 0. The van der Waals surface area contributed by atoms with Crippen LogP contribution in [-0.4, -0.2) is 53.1 Å². The van der Waals surface area contributed by atoms with Gasteiger partial charge in [-0.15, -0.1) is 0 Å². The molecule has 0 radical (unpaired) electrons. The van der Waals surface area contributed by atoms with Gasteiger partial charge in [-0.2, -0.15) is 13.2 Å². The number of likely N-dealkylation sites (tertiary alicyclic amines) is 1. The first-order valence-electron chi connectivity index (χ1n) is 10.8. The second-order valence-electron chi connectivity index (χ2n) is 8.25. The number of hydrogen-bond donors (Lipinski definition) is 2. The molecule has 2 aromatic rings. The van der Waals surface area contributed by atoms with Gasteiger partial charge >= 0.3 is 12.3 Å². The van der Waals surface area contributed by atoms with Crippen LogP contribution in [0.4, 0.5) is 18.0 Å². The van der Waals surface area contributed by atoms with E-state index in [0.29, 0.717) is 6.42 Å². The summed E-state index contributed by atoms with van der Waals surface area (Å²) in [5, 5.41) is 13.5. The molecule has 0 saturated carbocycles. The van der Waals surface area contributed by atoms with Gasteiger partial charge in [0.2, 0.25) is 0 Å². The SMILES string of the molecule is C[C@@H]1CC[C@@H](C(F)(F)F)N1C[C@@H](O)[C@H](Cc1ccccc1)NC(=O)OCc1ccccc1. The van der Waals surface area contributed by atoms with Crippen LogP contribution >= 0.6 is 0 Å². The largest absolute Gasteiger partial charge is 0.445 e. The zero-order valence-corrected chi connectivity index (χ0v) is 18.0. The fourth-order valence-corrected chi connectivity index (χ4v) is 4.11. The van der Waals surface area contributed by atoms with Crippen LogP contribution in [0.3, 0.4) is 0 Å². The number of carbonyl (C=O) groups excluding carboxylic acids is 1. The van der Waals surface area contributed by atoms with E-state index < -0.39 is 30.5 Å². The summed E-state index contributed by atoms with van der Waals surface area (Å²) in [6.07, 6.45) is -5.61. The van der Waals surface area contributed by atoms with E-state index >= 15 is 0 Å². The number of aliphatic hydroxyl groups excluding tert-OH is 1. The smallest absolute Gasteiger partial charge is 0.407 e. The first-order chi connectivity index (χ1) is 15.2. The number of hydrogen-bond acceptors (Lipinski definition) is 4. The fourth-order valence-electron chi connectivity index (χ4n) is 4.11. The number of carbonyl (C=O) groups is 1. The van der Waals surface area contributed by atoms with Gasteiger partial charge in [0.05, 0.1) is 12.1 Å². The third-order valence-electron chi connectivity index (χ3n) is 5.88. The minimum absolute atomic E-state index is 0.00723. The van der Waals surface area contributed by atoms with Crippen LogP contribution in [-0.2, 0) is 17.8 Å². The Labute approximate surface area is 186 Å². The summed E-state index contributed by atoms with van der Waals surface area (Å²) in [5.41, 5.74) is 1.66. The predicted molar refractivity (Wildman–Crippen MR) is 115 cm³/mol. The van der Waals surface area contributed by atoms with Crippen LogP contribution in [0.1, 0.15) is 30.9 Å². The average Bonchev–Trinajstić information content (AvgIpc) is 3.14. The highest BCUT2D eigenvalue weighted by Gasteiger charge is 2.49.